The zero-order valence-corrected chi connectivity index (χ0v) is 16.0. The Hall–Kier alpha value is -0.530. The van der Waals surface area contributed by atoms with E-state index >= 15 is 0 Å². The maximum Gasteiger partial charge on any atom is 0.188 e. The third-order valence-electron chi connectivity index (χ3n) is 3.97. The second-order valence-electron chi connectivity index (χ2n) is 5.93. The van der Waals surface area contributed by atoms with Gasteiger partial charge in [-0.2, -0.15) is 0 Å². The van der Waals surface area contributed by atoms with E-state index in [1.165, 1.54) is 19.3 Å². The van der Waals surface area contributed by atoms with Crippen LogP contribution in [0.4, 0.5) is 0 Å². The first-order valence-electron chi connectivity index (χ1n) is 7.53. The molecule has 0 bridgehead atoms. The van der Waals surface area contributed by atoms with Crippen LogP contribution >= 0.6 is 35.6 Å². The predicted molar refractivity (Wildman–Crippen MR) is 103 cm³/mol. The maximum atomic E-state index is 10.5. The van der Waals surface area contributed by atoms with Crippen LogP contribution in [0.3, 0.4) is 0 Å². The predicted octanol–water partition coefficient (Wildman–Crippen LogP) is 3.40. The smallest absolute Gasteiger partial charge is 0.188 e. The van der Waals surface area contributed by atoms with Crippen LogP contribution in [0.25, 0.3) is 0 Å². The van der Waals surface area contributed by atoms with Gasteiger partial charge < -0.3 is 16.2 Å². The van der Waals surface area contributed by atoms with Gasteiger partial charge in [0.1, 0.15) is 5.60 Å². The van der Waals surface area contributed by atoms with Gasteiger partial charge in [-0.3, -0.25) is 4.99 Å². The number of rotatable bonds is 4. The molecule has 1 fully saturated rings. The molecule has 1 atom stereocenters. The molecule has 124 valence electrons. The van der Waals surface area contributed by atoms with Gasteiger partial charge in [0.05, 0.1) is 6.54 Å². The molecule has 0 heterocycles. The van der Waals surface area contributed by atoms with Crippen LogP contribution in [0, 0.1) is 0 Å². The Kier molecular flexibility index (Phi) is 7.93. The third-order valence-corrected chi connectivity index (χ3v) is 4.30. The molecular formula is C16H25ClIN3O. The number of aliphatic imine (C=N–C) groups is 1. The number of aliphatic hydroxyl groups is 1. The van der Waals surface area contributed by atoms with Crippen molar-refractivity contribution in [3.05, 3.63) is 34.9 Å². The molecule has 6 heteroatoms. The highest BCUT2D eigenvalue weighted by atomic mass is 127. The highest BCUT2D eigenvalue weighted by Crippen LogP contribution is 2.28. The lowest BCUT2D eigenvalue weighted by Crippen LogP contribution is -2.42. The SMILES string of the molecule is CC(O)(CN=C(N)NC1CCCCC1)c1ccccc1Cl.I. The lowest BCUT2D eigenvalue weighted by molar-refractivity contribution is 0.0674. The van der Waals surface area contributed by atoms with Gasteiger partial charge in [-0.05, 0) is 25.8 Å². The zero-order chi connectivity index (χ0) is 15.3. The Balaban J connectivity index is 0.00000242. The summed E-state index contributed by atoms with van der Waals surface area (Å²) in [6.07, 6.45) is 6.05. The lowest BCUT2D eigenvalue weighted by Gasteiger charge is -2.25. The highest BCUT2D eigenvalue weighted by molar-refractivity contribution is 14.0. The summed E-state index contributed by atoms with van der Waals surface area (Å²) in [6.45, 7) is 1.88. The first-order chi connectivity index (χ1) is 9.99. The van der Waals surface area contributed by atoms with Crippen molar-refractivity contribution in [2.45, 2.75) is 50.7 Å². The number of hydrogen-bond acceptors (Lipinski definition) is 2. The van der Waals surface area contributed by atoms with Crippen molar-refractivity contribution in [1.82, 2.24) is 5.32 Å². The molecule has 1 aromatic carbocycles. The van der Waals surface area contributed by atoms with Crippen molar-refractivity contribution < 1.29 is 5.11 Å². The molecule has 0 amide bonds. The van der Waals surface area contributed by atoms with Crippen molar-refractivity contribution in [1.29, 1.82) is 0 Å². The average Bonchev–Trinajstić information content (AvgIpc) is 2.47. The molecule has 0 spiro atoms. The van der Waals surface area contributed by atoms with E-state index < -0.39 is 5.60 Å². The molecular weight excluding hydrogens is 413 g/mol. The summed E-state index contributed by atoms with van der Waals surface area (Å²) in [5, 5.41) is 14.3. The summed E-state index contributed by atoms with van der Waals surface area (Å²) in [5.41, 5.74) is 5.46. The summed E-state index contributed by atoms with van der Waals surface area (Å²) in [7, 11) is 0. The maximum absolute atomic E-state index is 10.5. The minimum absolute atomic E-state index is 0. The van der Waals surface area contributed by atoms with Crippen LogP contribution in [0.5, 0.6) is 0 Å². The van der Waals surface area contributed by atoms with E-state index in [1.807, 2.05) is 18.2 Å². The zero-order valence-electron chi connectivity index (χ0n) is 12.9. The number of benzene rings is 1. The van der Waals surface area contributed by atoms with Crippen LogP contribution in [0.1, 0.15) is 44.6 Å². The number of halogens is 2. The van der Waals surface area contributed by atoms with Gasteiger partial charge in [-0.25, -0.2) is 0 Å². The van der Waals surface area contributed by atoms with Crippen LogP contribution in [-0.4, -0.2) is 23.7 Å². The first-order valence-corrected chi connectivity index (χ1v) is 7.91. The Morgan fingerprint density at radius 3 is 2.64 bits per heavy atom. The number of hydrogen-bond donors (Lipinski definition) is 3. The normalized spacial score (nSPS) is 19.1. The molecule has 22 heavy (non-hydrogen) atoms. The van der Waals surface area contributed by atoms with Crippen molar-refractivity contribution in [2.24, 2.45) is 10.7 Å². The highest BCUT2D eigenvalue weighted by Gasteiger charge is 2.25. The second-order valence-corrected chi connectivity index (χ2v) is 6.34. The quantitative estimate of drug-likeness (QED) is 0.384. The standard InChI is InChI=1S/C16H24ClN3O.HI/c1-16(21,13-9-5-6-10-14(13)17)11-19-15(18)20-12-7-3-2-4-8-12;/h5-6,9-10,12,21H,2-4,7-8,11H2,1H3,(H3,18,19,20);1H. The fourth-order valence-electron chi connectivity index (χ4n) is 2.72. The van der Waals surface area contributed by atoms with Gasteiger partial charge in [0.25, 0.3) is 0 Å². The Morgan fingerprint density at radius 1 is 1.36 bits per heavy atom. The molecule has 0 saturated heterocycles. The monoisotopic (exact) mass is 437 g/mol. The molecule has 0 aliphatic heterocycles. The van der Waals surface area contributed by atoms with Gasteiger partial charge >= 0.3 is 0 Å². The summed E-state index contributed by atoms with van der Waals surface area (Å²) in [4.78, 5) is 4.28. The number of guanidine groups is 1. The number of nitrogens with zero attached hydrogens (tertiary/aromatic N) is 1. The van der Waals surface area contributed by atoms with Crippen LogP contribution < -0.4 is 11.1 Å². The van der Waals surface area contributed by atoms with Gasteiger partial charge in [0.15, 0.2) is 5.96 Å². The molecule has 2 rings (SSSR count). The average molecular weight is 438 g/mol. The fourth-order valence-corrected chi connectivity index (χ4v) is 3.06. The van der Waals surface area contributed by atoms with E-state index in [4.69, 9.17) is 17.3 Å². The molecule has 1 unspecified atom stereocenters. The van der Waals surface area contributed by atoms with Crippen LogP contribution in [0.15, 0.2) is 29.3 Å². The van der Waals surface area contributed by atoms with Crippen molar-refractivity contribution in [3.63, 3.8) is 0 Å². The van der Waals surface area contributed by atoms with Crippen molar-refractivity contribution >= 4 is 41.5 Å². The first kappa shape index (κ1) is 19.5. The summed E-state index contributed by atoms with van der Waals surface area (Å²) in [6, 6.07) is 7.67. The molecule has 0 radical (unpaired) electrons. The van der Waals surface area contributed by atoms with Crippen molar-refractivity contribution in [2.75, 3.05) is 6.54 Å². The minimum atomic E-state index is -1.13. The van der Waals surface area contributed by atoms with E-state index in [2.05, 4.69) is 10.3 Å². The topological polar surface area (TPSA) is 70.6 Å². The molecule has 0 aromatic heterocycles. The largest absolute Gasteiger partial charge is 0.383 e. The lowest BCUT2D eigenvalue weighted by atomic mass is 9.95. The molecule has 1 aliphatic carbocycles. The number of nitrogens with one attached hydrogen (secondary N) is 1. The van der Waals surface area contributed by atoms with E-state index in [0.29, 0.717) is 22.6 Å². The molecule has 4 N–H and O–H groups in total. The van der Waals surface area contributed by atoms with E-state index in [0.717, 1.165) is 12.8 Å². The van der Waals surface area contributed by atoms with E-state index in [1.54, 1.807) is 13.0 Å². The Morgan fingerprint density at radius 2 is 2.00 bits per heavy atom. The Labute approximate surface area is 154 Å². The summed E-state index contributed by atoms with van der Waals surface area (Å²) >= 11 is 6.12. The van der Waals surface area contributed by atoms with Crippen molar-refractivity contribution in [3.8, 4) is 0 Å². The van der Waals surface area contributed by atoms with Gasteiger partial charge in [-0.1, -0.05) is 49.1 Å². The Bertz CT molecular complexity index is 502. The third kappa shape index (κ3) is 5.59. The number of nitrogens with two attached hydrogens (primary N) is 1. The summed E-state index contributed by atoms with van der Waals surface area (Å²) in [5.74, 6) is 0.397. The fraction of sp³-hybridized carbons (Fsp3) is 0.562. The van der Waals surface area contributed by atoms with E-state index in [9.17, 15) is 5.11 Å². The molecule has 1 aromatic rings. The van der Waals surface area contributed by atoms with Gasteiger partial charge in [0, 0.05) is 16.6 Å². The summed E-state index contributed by atoms with van der Waals surface area (Å²) < 4.78 is 0. The molecule has 1 saturated carbocycles. The minimum Gasteiger partial charge on any atom is -0.383 e. The second kappa shape index (κ2) is 8.93. The van der Waals surface area contributed by atoms with Gasteiger partial charge in [-0.15, -0.1) is 24.0 Å². The van der Waals surface area contributed by atoms with Crippen LogP contribution in [-0.2, 0) is 5.60 Å². The van der Waals surface area contributed by atoms with Crippen LogP contribution in [0.2, 0.25) is 5.02 Å². The van der Waals surface area contributed by atoms with Gasteiger partial charge in [0.2, 0.25) is 0 Å². The molecule has 1 aliphatic rings. The van der Waals surface area contributed by atoms with E-state index in [-0.39, 0.29) is 30.5 Å². The molecule has 4 nitrogen and oxygen atoms in total.